The monoisotopic (exact) mass is 413 g/mol. The molecule has 0 unspecified atom stereocenters. The van der Waals surface area contributed by atoms with Crippen LogP contribution in [0.2, 0.25) is 0 Å². The van der Waals surface area contributed by atoms with Crippen LogP contribution in [0.1, 0.15) is 29.2 Å². The van der Waals surface area contributed by atoms with Crippen LogP contribution < -0.4 is 9.47 Å². The van der Waals surface area contributed by atoms with Gasteiger partial charge in [0.1, 0.15) is 6.61 Å². The van der Waals surface area contributed by atoms with Gasteiger partial charge in [0, 0.05) is 5.56 Å². The minimum absolute atomic E-state index is 0.246. The molecule has 0 atom stereocenters. The molecule has 31 heavy (non-hydrogen) atoms. The van der Waals surface area contributed by atoms with Crippen LogP contribution in [-0.2, 0) is 16.1 Å². The highest BCUT2D eigenvalue weighted by atomic mass is 16.6. The van der Waals surface area contributed by atoms with Crippen LogP contribution in [-0.4, -0.2) is 18.5 Å². The van der Waals surface area contributed by atoms with Gasteiger partial charge in [-0.3, -0.25) is 0 Å². The number of ether oxygens (including phenoxy) is 3. The van der Waals surface area contributed by atoms with Crippen LogP contribution in [0.3, 0.4) is 0 Å². The zero-order chi connectivity index (χ0) is 21.6. The van der Waals surface area contributed by atoms with E-state index in [4.69, 9.17) is 14.2 Å². The zero-order valence-electron chi connectivity index (χ0n) is 17.5. The van der Waals surface area contributed by atoms with Crippen LogP contribution in [0.25, 0.3) is 6.08 Å². The van der Waals surface area contributed by atoms with Crippen molar-refractivity contribution in [2.24, 2.45) is 4.99 Å². The second kappa shape index (κ2) is 9.30. The Labute approximate surface area is 181 Å². The molecule has 0 saturated heterocycles. The molecule has 0 radical (unpaired) electrons. The molecule has 1 heterocycles. The predicted octanol–water partition coefficient (Wildman–Crippen LogP) is 5.32. The van der Waals surface area contributed by atoms with Crippen LogP contribution >= 0.6 is 0 Å². The molecule has 5 heteroatoms. The van der Waals surface area contributed by atoms with Crippen molar-refractivity contribution in [2.75, 3.05) is 6.61 Å². The average molecular weight is 413 g/mol. The maximum atomic E-state index is 12.3. The fraction of sp³-hybridized carbons (Fsp3) is 0.154. The highest BCUT2D eigenvalue weighted by molar-refractivity contribution is 6.12. The SMILES string of the molecule is CCOc1cc(C=C2N=C(c3ccc(C)cc3)OC2=O)ccc1OCc1ccccc1. The Morgan fingerprint density at radius 3 is 2.45 bits per heavy atom. The number of carbonyl (C=O) groups is 1. The van der Waals surface area contributed by atoms with Gasteiger partial charge >= 0.3 is 5.97 Å². The second-order valence-electron chi connectivity index (χ2n) is 7.12. The summed E-state index contributed by atoms with van der Waals surface area (Å²) in [7, 11) is 0. The number of rotatable bonds is 7. The summed E-state index contributed by atoms with van der Waals surface area (Å²) in [5.41, 5.74) is 3.99. The molecule has 5 nitrogen and oxygen atoms in total. The number of hydrogen-bond donors (Lipinski definition) is 0. The van der Waals surface area contributed by atoms with Gasteiger partial charge in [-0.25, -0.2) is 9.79 Å². The van der Waals surface area contributed by atoms with E-state index in [1.165, 1.54) is 0 Å². The van der Waals surface area contributed by atoms with Crippen molar-refractivity contribution in [1.29, 1.82) is 0 Å². The number of cyclic esters (lactones) is 1. The van der Waals surface area contributed by atoms with Crippen LogP contribution in [0.15, 0.2) is 83.5 Å². The minimum atomic E-state index is -0.474. The number of aryl methyl sites for hydroxylation is 1. The summed E-state index contributed by atoms with van der Waals surface area (Å²) in [5.74, 6) is 1.09. The van der Waals surface area contributed by atoms with Crippen molar-refractivity contribution in [2.45, 2.75) is 20.5 Å². The Hall–Kier alpha value is -3.86. The minimum Gasteiger partial charge on any atom is -0.490 e. The van der Waals surface area contributed by atoms with Gasteiger partial charge in [-0.15, -0.1) is 0 Å². The lowest BCUT2D eigenvalue weighted by atomic mass is 10.1. The molecule has 0 aliphatic carbocycles. The summed E-state index contributed by atoms with van der Waals surface area (Å²) >= 11 is 0. The van der Waals surface area contributed by atoms with Crippen LogP contribution in [0.5, 0.6) is 11.5 Å². The molecule has 0 saturated carbocycles. The number of benzene rings is 3. The standard InChI is InChI=1S/C26H23NO4/c1-3-29-24-16-20(11-14-23(24)30-17-19-7-5-4-6-8-19)15-22-26(28)31-25(27-22)21-12-9-18(2)10-13-21/h4-16H,3,17H2,1-2H3. The van der Waals surface area contributed by atoms with Crippen molar-refractivity contribution in [3.63, 3.8) is 0 Å². The first-order chi connectivity index (χ1) is 15.1. The second-order valence-corrected chi connectivity index (χ2v) is 7.12. The molecule has 0 N–H and O–H groups in total. The molecule has 1 aliphatic rings. The van der Waals surface area contributed by atoms with Gasteiger partial charge in [0.25, 0.3) is 0 Å². The van der Waals surface area contributed by atoms with Crippen molar-refractivity contribution in [1.82, 2.24) is 0 Å². The molecule has 3 aromatic carbocycles. The van der Waals surface area contributed by atoms with Crippen molar-refractivity contribution in [3.05, 3.63) is 101 Å². The van der Waals surface area contributed by atoms with Crippen LogP contribution in [0.4, 0.5) is 0 Å². The van der Waals surface area contributed by atoms with Gasteiger partial charge in [0.15, 0.2) is 17.2 Å². The number of aliphatic imine (C=N–C) groups is 1. The van der Waals surface area contributed by atoms with E-state index in [0.29, 0.717) is 30.6 Å². The molecular formula is C26H23NO4. The number of hydrogen-bond acceptors (Lipinski definition) is 5. The lowest BCUT2D eigenvalue weighted by Crippen LogP contribution is -2.05. The summed E-state index contributed by atoms with van der Waals surface area (Å²) in [4.78, 5) is 16.7. The summed E-state index contributed by atoms with van der Waals surface area (Å²) in [6, 6.07) is 23.2. The van der Waals surface area contributed by atoms with Crippen LogP contribution in [0, 0.1) is 6.92 Å². The van der Waals surface area contributed by atoms with E-state index in [1.54, 1.807) is 6.08 Å². The topological polar surface area (TPSA) is 57.1 Å². The van der Waals surface area contributed by atoms with E-state index in [2.05, 4.69) is 4.99 Å². The lowest BCUT2D eigenvalue weighted by Gasteiger charge is -2.12. The predicted molar refractivity (Wildman–Crippen MR) is 120 cm³/mol. The Bertz CT molecular complexity index is 1130. The van der Waals surface area contributed by atoms with Crippen molar-refractivity contribution >= 4 is 17.9 Å². The summed E-state index contributed by atoms with van der Waals surface area (Å²) in [5, 5.41) is 0. The Kier molecular flexibility index (Phi) is 6.13. The lowest BCUT2D eigenvalue weighted by molar-refractivity contribution is -0.129. The smallest absolute Gasteiger partial charge is 0.363 e. The van der Waals surface area contributed by atoms with E-state index in [0.717, 1.165) is 22.3 Å². The van der Waals surface area contributed by atoms with E-state index in [9.17, 15) is 4.79 Å². The highest BCUT2D eigenvalue weighted by Gasteiger charge is 2.24. The van der Waals surface area contributed by atoms with E-state index < -0.39 is 5.97 Å². The Balaban J connectivity index is 1.56. The molecular weight excluding hydrogens is 390 g/mol. The van der Waals surface area contributed by atoms with Gasteiger partial charge in [0.05, 0.1) is 6.61 Å². The maximum Gasteiger partial charge on any atom is 0.363 e. The van der Waals surface area contributed by atoms with Crippen molar-refractivity contribution < 1.29 is 19.0 Å². The van der Waals surface area contributed by atoms with E-state index in [-0.39, 0.29) is 5.70 Å². The first-order valence-corrected chi connectivity index (χ1v) is 10.2. The third-order valence-electron chi connectivity index (χ3n) is 4.73. The first-order valence-electron chi connectivity index (χ1n) is 10.2. The maximum absolute atomic E-state index is 12.3. The molecule has 0 aromatic heterocycles. The number of carbonyl (C=O) groups excluding carboxylic acids is 1. The fourth-order valence-corrected chi connectivity index (χ4v) is 3.12. The Morgan fingerprint density at radius 1 is 0.935 bits per heavy atom. The molecule has 0 bridgehead atoms. The van der Waals surface area contributed by atoms with Gasteiger partial charge < -0.3 is 14.2 Å². The molecule has 156 valence electrons. The number of nitrogens with zero attached hydrogens (tertiary/aromatic N) is 1. The van der Waals surface area contributed by atoms with E-state index in [1.807, 2.05) is 86.6 Å². The van der Waals surface area contributed by atoms with Gasteiger partial charge in [-0.05, 0) is 55.3 Å². The van der Waals surface area contributed by atoms with Gasteiger partial charge in [0.2, 0.25) is 5.90 Å². The normalized spacial score (nSPS) is 14.3. The Morgan fingerprint density at radius 2 is 1.71 bits per heavy atom. The molecule has 0 amide bonds. The summed E-state index contributed by atoms with van der Waals surface area (Å²) < 4.78 is 17.0. The molecule has 4 rings (SSSR count). The summed E-state index contributed by atoms with van der Waals surface area (Å²) in [6.45, 7) is 4.86. The quantitative estimate of drug-likeness (QED) is 0.389. The van der Waals surface area contributed by atoms with Gasteiger partial charge in [-0.1, -0.05) is 54.1 Å². The number of esters is 1. The largest absolute Gasteiger partial charge is 0.490 e. The third-order valence-corrected chi connectivity index (χ3v) is 4.73. The zero-order valence-corrected chi connectivity index (χ0v) is 17.5. The average Bonchev–Trinajstić information content (AvgIpc) is 3.15. The highest BCUT2D eigenvalue weighted by Crippen LogP contribution is 2.31. The molecule has 1 aliphatic heterocycles. The van der Waals surface area contributed by atoms with Gasteiger partial charge in [-0.2, -0.15) is 0 Å². The fourth-order valence-electron chi connectivity index (χ4n) is 3.12. The van der Waals surface area contributed by atoms with E-state index >= 15 is 0 Å². The molecule has 0 fully saturated rings. The molecule has 0 spiro atoms. The summed E-state index contributed by atoms with van der Waals surface area (Å²) in [6.07, 6.45) is 1.69. The van der Waals surface area contributed by atoms with Crippen molar-refractivity contribution in [3.8, 4) is 11.5 Å². The first kappa shape index (κ1) is 20.4. The third kappa shape index (κ3) is 5.01. The molecule has 3 aromatic rings.